The first-order valence-corrected chi connectivity index (χ1v) is 8.54. The fourth-order valence-corrected chi connectivity index (χ4v) is 3.01. The molecule has 3 rings (SSSR count). The van der Waals surface area contributed by atoms with Crippen LogP contribution in [0.4, 0.5) is 0 Å². The van der Waals surface area contributed by atoms with Crippen molar-refractivity contribution in [1.82, 2.24) is 0 Å². The summed E-state index contributed by atoms with van der Waals surface area (Å²) in [6.45, 7) is -0.126. The van der Waals surface area contributed by atoms with Crippen molar-refractivity contribution in [1.29, 1.82) is 0 Å². The van der Waals surface area contributed by atoms with Crippen LogP contribution in [0.15, 0.2) is 45.6 Å². The lowest BCUT2D eigenvalue weighted by Crippen LogP contribution is -2.08. The second-order valence-corrected chi connectivity index (χ2v) is 6.13. The molecule has 1 aromatic heterocycles. The highest BCUT2D eigenvalue weighted by molar-refractivity contribution is 6.32. The van der Waals surface area contributed by atoms with E-state index in [2.05, 4.69) is 0 Å². The van der Waals surface area contributed by atoms with Gasteiger partial charge in [0.2, 0.25) is 0 Å². The van der Waals surface area contributed by atoms with E-state index < -0.39 is 11.6 Å². The topological polar surface area (TPSA) is 84.2 Å². The van der Waals surface area contributed by atoms with Gasteiger partial charge in [0, 0.05) is 23.1 Å². The predicted octanol–water partition coefficient (Wildman–Crippen LogP) is 3.83. The molecule has 1 heterocycles. The lowest BCUT2D eigenvalue weighted by molar-refractivity contribution is 0.0473. The first kappa shape index (κ1) is 19.6. The summed E-state index contributed by atoms with van der Waals surface area (Å²) >= 11 is 6.12. The maximum Gasteiger partial charge on any atom is 0.338 e. The van der Waals surface area contributed by atoms with Crippen LogP contribution >= 0.6 is 11.6 Å². The van der Waals surface area contributed by atoms with E-state index in [-0.39, 0.29) is 17.2 Å². The van der Waals surface area contributed by atoms with Crippen LogP contribution in [-0.4, -0.2) is 27.3 Å². The second kappa shape index (κ2) is 8.22. The summed E-state index contributed by atoms with van der Waals surface area (Å²) in [6.07, 6.45) is 0. The summed E-state index contributed by atoms with van der Waals surface area (Å²) in [4.78, 5) is 24.3. The quantitative estimate of drug-likeness (QED) is 0.456. The number of methoxy groups -OCH3 is 3. The third kappa shape index (κ3) is 3.89. The Bertz CT molecular complexity index is 1090. The molecule has 3 aromatic rings. The Balaban J connectivity index is 1.87. The van der Waals surface area contributed by atoms with Gasteiger partial charge in [0.1, 0.15) is 17.9 Å². The maximum atomic E-state index is 12.5. The maximum absolute atomic E-state index is 12.5. The zero-order valence-electron chi connectivity index (χ0n) is 15.4. The van der Waals surface area contributed by atoms with Gasteiger partial charge < -0.3 is 23.4 Å². The number of esters is 1. The molecule has 2 aromatic carbocycles. The van der Waals surface area contributed by atoms with Gasteiger partial charge in [-0.15, -0.1) is 0 Å². The van der Waals surface area contributed by atoms with Crippen molar-refractivity contribution >= 4 is 28.5 Å². The zero-order chi connectivity index (χ0) is 20.3. The van der Waals surface area contributed by atoms with Gasteiger partial charge in [-0.25, -0.2) is 9.59 Å². The number of carbonyl (C=O) groups is 1. The second-order valence-electron chi connectivity index (χ2n) is 5.72. The van der Waals surface area contributed by atoms with Crippen LogP contribution in [0.1, 0.15) is 15.9 Å². The first-order chi connectivity index (χ1) is 13.5. The van der Waals surface area contributed by atoms with Crippen molar-refractivity contribution in [3.05, 3.63) is 63.0 Å². The fraction of sp³-hybridized carbons (Fsp3) is 0.200. The summed E-state index contributed by atoms with van der Waals surface area (Å²) in [7, 11) is 4.40. The molecule has 0 aliphatic heterocycles. The lowest BCUT2D eigenvalue weighted by Gasteiger charge is -2.12. The number of halogens is 1. The smallest absolute Gasteiger partial charge is 0.338 e. The lowest BCUT2D eigenvalue weighted by atomic mass is 10.1. The molecule has 0 bridgehead atoms. The number of hydrogen-bond donors (Lipinski definition) is 0. The van der Waals surface area contributed by atoms with Gasteiger partial charge in [-0.2, -0.15) is 0 Å². The van der Waals surface area contributed by atoms with Crippen LogP contribution in [-0.2, 0) is 11.3 Å². The van der Waals surface area contributed by atoms with Crippen LogP contribution in [0.2, 0.25) is 5.02 Å². The molecule has 0 radical (unpaired) electrons. The van der Waals surface area contributed by atoms with E-state index in [1.165, 1.54) is 39.5 Å². The summed E-state index contributed by atoms with van der Waals surface area (Å²) in [5.74, 6) is 0.545. The third-order valence-corrected chi connectivity index (χ3v) is 4.35. The van der Waals surface area contributed by atoms with Gasteiger partial charge in [-0.1, -0.05) is 11.6 Å². The predicted molar refractivity (Wildman–Crippen MR) is 103 cm³/mol. The van der Waals surface area contributed by atoms with E-state index in [4.69, 9.17) is 35.0 Å². The van der Waals surface area contributed by atoms with Crippen molar-refractivity contribution in [3.63, 3.8) is 0 Å². The standard InChI is InChI=1S/C20H17ClO7/c1-24-13-4-5-14-12(8-18(22)28-16(14)9-13)10-27-20(23)11-6-15(21)19(26-3)17(7-11)25-2/h4-9H,10H2,1-3H3. The molecule has 0 atom stereocenters. The number of hydrogen-bond acceptors (Lipinski definition) is 7. The Morgan fingerprint density at radius 2 is 1.82 bits per heavy atom. The van der Waals surface area contributed by atoms with Crippen molar-refractivity contribution in [3.8, 4) is 17.2 Å². The van der Waals surface area contributed by atoms with Crippen LogP contribution in [0.3, 0.4) is 0 Å². The largest absolute Gasteiger partial charge is 0.497 e. The molecule has 146 valence electrons. The molecule has 0 fully saturated rings. The van der Waals surface area contributed by atoms with E-state index in [9.17, 15) is 9.59 Å². The highest BCUT2D eigenvalue weighted by Gasteiger charge is 2.17. The van der Waals surface area contributed by atoms with E-state index in [0.717, 1.165) is 0 Å². The van der Waals surface area contributed by atoms with Gasteiger partial charge in [0.05, 0.1) is 31.9 Å². The van der Waals surface area contributed by atoms with Crippen molar-refractivity contribution in [2.45, 2.75) is 6.61 Å². The minimum absolute atomic E-state index is 0.126. The highest BCUT2D eigenvalue weighted by atomic mass is 35.5. The summed E-state index contributed by atoms with van der Waals surface area (Å²) in [5, 5.41) is 0.852. The van der Waals surface area contributed by atoms with Gasteiger partial charge in [-0.05, 0) is 24.3 Å². The number of ether oxygens (including phenoxy) is 4. The molecule has 0 saturated heterocycles. The molecule has 0 aliphatic carbocycles. The van der Waals surface area contributed by atoms with Crippen molar-refractivity contribution in [2.24, 2.45) is 0 Å². The number of fused-ring (bicyclic) bond motifs is 1. The molecule has 0 N–H and O–H groups in total. The fourth-order valence-electron chi connectivity index (χ4n) is 2.72. The molecule has 7 nitrogen and oxygen atoms in total. The van der Waals surface area contributed by atoms with Gasteiger partial charge >= 0.3 is 11.6 Å². The number of rotatable bonds is 6. The monoisotopic (exact) mass is 404 g/mol. The minimum atomic E-state index is -0.627. The van der Waals surface area contributed by atoms with E-state index in [1.807, 2.05) is 0 Å². The minimum Gasteiger partial charge on any atom is -0.497 e. The zero-order valence-corrected chi connectivity index (χ0v) is 16.2. The SMILES string of the molecule is COc1ccc2c(COC(=O)c3cc(Cl)c(OC)c(OC)c3)cc(=O)oc2c1. The Hall–Kier alpha value is -3.19. The molecule has 0 spiro atoms. The van der Waals surface area contributed by atoms with E-state index >= 15 is 0 Å². The van der Waals surface area contributed by atoms with E-state index in [0.29, 0.717) is 33.8 Å². The van der Waals surface area contributed by atoms with Crippen LogP contribution in [0.25, 0.3) is 11.0 Å². The van der Waals surface area contributed by atoms with Gasteiger partial charge in [0.25, 0.3) is 0 Å². The summed E-state index contributed by atoms with van der Waals surface area (Å²) in [6, 6.07) is 9.22. The Labute approximate surface area is 165 Å². The summed E-state index contributed by atoms with van der Waals surface area (Å²) < 4.78 is 26.0. The molecule has 8 heteroatoms. The normalized spacial score (nSPS) is 10.6. The van der Waals surface area contributed by atoms with Crippen LogP contribution < -0.4 is 19.8 Å². The highest BCUT2D eigenvalue weighted by Crippen LogP contribution is 2.36. The van der Waals surface area contributed by atoms with Gasteiger partial charge in [0.15, 0.2) is 11.5 Å². The van der Waals surface area contributed by atoms with E-state index in [1.54, 1.807) is 18.2 Å². The van der Waals surface area contributed by atoms with Gasteiger partial charge in [-0.3, -0.25) is 0 Å². The molecule has 0 aliphatic rings. The molecule has 28 heavy (non-hydrogen) atoms. The van der Waals surface area contributed by atoms with Crippen LogP contribution in [0.5, 0.6) is 17.2 Å². The number of benzene rings is 2. The third-order valence-electron chi connectivity index (χ3n) is 4.07. The Kier molecular flexibility index (Phi) is 5.75. The molecule has 0 saturated carbocycles. The van der Waals surface area contributed by atoms with Crippen molar-refractivity contribution < 1.29 is 28.2 Å². The average molecular weight is 405 g/mol. The van der Waals surface area contributed by atoms with Crippen molar-refractivity contribution in [2.75, 3.05) is 21.3 Å². The Morgan fingerprint density at radius 3 is 2.50 bits per heavy atom. The average Bonchev–Trinajstić information content (AvgIpc) is 2.70. The first-order valence-electron chi connectivity index (χ1n) is 8.16. The molecular weight excluding hydrogens is 388 g/mol. The summed E-state index contributed by atoms with van der Waals surface area (Å²) in [5.41, 5.74) is 0.485. The molecule has 0 amide bonds. The molecular formula is C20H17ClO7. The number of carbonyl (C=O) groups excluding carboxylic acids is 1. The Morgan fingerprint density at radius 1 is 1.04 bits per heavy atom. The molecule has 0 unspecified atom stereocenters. The van der Waals surface area contributed by atoms with Crippen LogP contribution in [0, 0.1) is 0 Å².